The first-order valence-corrected chi connectivity index (χ1v) is 12.2. The van der Waals surface area contributed by atoms with Crippen molar-refractivity contribution in [2.45, 2.75) is 13.5 Å². The number of carboxylic acids is 1. The van der Waals surface area contributed by atoms with E-state index in [1.807, 2.05) is 31.2 Å². The number of carbonyl (C=O) groups excluding carboxylic acids is 1. The lowest BCUT2D eigenvalue weighted by Gasteiger charge is -2.16. The number of ether oxygens (including phenoxy) is 2. The second kappa shape index (κ2) is 12.0. The smallest absolute Gasteiger partial charge is 0.352 e. The van der Waals surface area contributed by atoms with Gasteiger partial charge in [-0.1, -0.05) is 36.4 Å². The first kappa shape index (κ1) is 25.0. The number of benzene rings is 3. The molecule has 1 amide bonds. The maximum Gasteiger partial charge on any atom is 0.352 e. The van der Waals surface area contributed by atoms with Gasteiger partial charge < -0.3 is 19.9 Å². The van der Waals surface area contributed by atoms with E-state index >= 15 is 0 Å². The molecule has 0 aliphatic heterocycles. The van der Waals surface area contributed by atoms with Crippen LogP contribution in [-0.4, -0.2) is 23.6 Å². The van der Waals surface area contributed by atoms with Crippen molar-refractivity contribution in [3.05, 3.63) is 96.3 Å². The Morgan fingerprint density at radius 2 is 1.67 bits per heavy atom. The van der Waals surface area contributed by atoms with Gasteiger partial charge in [-0.2, -0.15) is 0 Å². The van der Waals surface area contributed by atoms with E-state index < -0.39 is 11.9 Å². The third-order valence-corrected chi connectivity index (χ3v) is 6.34. The van der Waals surface area contributed by atoms with Crippen LogP contribution in [0.2, 0.25) is 0 Å². The lowest BCUT2D eigenvalue weighted by atomic mass is 10.1. The Morgan fingerprint density at radius 3 is 2.33 bits per heavy atom. The van der Waals surface area contributed by atoms with Gasteiger partial charge in [-0.25, -0.2) is 4.79 Å². The van der Waals surface area contributed by atoms with Gasteiger partial charge in [0, 0.05) is 14.7 Å². The van der Waals surface area contributed by atoms with E-state index in [9.17, 15) is 14.7 Å². The van der Waals surface area contributed by atoms with Crippen molar-refractivity contribution >= 4 is 63.1 Å². The molecular formula is C25H21I2NO5. The molecular weight excluding hydrogens is 648 g/mol. The van der Waals surface area contributed by atoms with E-state index in [1.54, 1.807) is 42.5 Å². The van der Waals surface area contributed by atoms with Gasteiger partial charge >= 0.3 is 5.97 Å². The molecule has 0 radical (unpaired) electrons. The van der Waals surface area contributed by atoms with Gasteiger partial charge in [0.2, 0.25) is 0 Å². The lowest BCUT2D eigenvalue weighted by molar-refractivity contribution is -0.132. The lowest BCUT2D eigenvalue weighted by Crippen LogP contribution is -2.27. The van der Waals surface area contributed by atoms with Gasteiger partial charge in [0.1, 0.15) is 12.3 Å². The van der Waals surface area contributed by atoms with Crippen LogP contribution in [0.5, 0.6) is 11.5 Å². The average Bonchev–Trinajstić information content (AvgIpc) is 2.80. The highest BCUT2D eigenvalue weighted by Crippen LogP contribution is 2.35. The van der Waals surface area contributed by atoms with E-state index in [1.165, 1.54) is 6.08 Å². The van der Waals surface area contributed by atoms with Crippen molar-refractivity contribution in [1.29, 1.82) is 0 Å². The van der Waals surface area contributed by atoms with E-state index in [2.05, 4.69) is 50.5 Å². The second-order valence-electron chi connectivity index (χ2n) is 6.83. The normalized spacial score (nSPS) is 11.1. The minimum Gasteiger partial charge on any atom is -0.490 e. The fraction of sp³-hybridized carbons (Fsp3) is 0.120. The number of hydrogen-bond acceptors (Lipinski definition) is 4. The van der Waals surface area contributed by atoms with Crippen molar-refractivity contribution < 1.29 is 24.2 Å². The summed E-state index contributed by atoms with van der Waals surface area (Å²) >= 11 is 4.39. The number of halogens is 2. The fourth-order valence-corrected chi connectivity index (χ4v) is 4.27. The summed E-state index contributed by atoms with van der Waals surface area (Å²) in [5, 5.41) is 12.1. The van der Waals surface area contributed by atoms with E-state index in [4.69, 9.17) is 9.47 Å². The summed E-state index contributed by atoms with van der Waals surface area (Å²) in [6, 6.07) is 19.9. The largest absolute Gasteiger partial charge is 0.490 e. The van der Waals surface area contributed by atoms with Gasteiger partial charge in [0.15, 0.2) is 11.5 Å². The molecule has 3 aromatic carbocycles. The van der Waals surface area contributed by atoms with Crippen LogP contribution >= 0.6 is 45.2 Å². The Kier molecular flexibility index (Phi) is 9.12. The van der Waals surface area contributed by atoms with Crippen LogP contribution in [0.1, 0.15) is 28.4 Å². The number of carbonyl (C=O) groups is 2. The average molecular weight is 669 g/mol. The summed E-state index contributed by atoms with van der Waals surface area (Å²) < 4.78 is 13.7. The molecule has 0 aliphatic rings. The number of nitrogens with one attached hydrogen (secondary N) is 1. The van der Waals surface area contributed by atoms with Gasteiger partial charge in [0.25, 0.3) is 5.91 Å². The molecule has 0 unspecified atom stereocenters. The molecule has 6 nitrogen and oxygen atoms in total. The summed E-state index contributed by atoms with van der Waals surface area (Å²) in [6.07, 6.45) is 1.40. The van der Waals surface area contributed by atoms with Crippen LogP contribution in [-0.2, 0) is 11.4 Å². The third-order valence-electron chi connectivity index (χ3n) is 4.49. The van der Waals surface area contributed by atoms with Crippen LogP contribution in [0.3, 0.4) is 0 Å². The Hall–Kier alpha value is -2.60. The molecule has 0 aromatic heterocycles. The zero-order valence-corrected chi connectivity index (χ0v) is 22.0. The topological polar surface area (TPSA) is 84.9 Å². The van der Waals surface area contributed by atoms with Crippen LogP contribution in [0.25, 0.3) is 6.08 Å². The molecule has 0 saturated carbocycles. The molecule has 0 aliphatic carbocycles. The maximum atomic E-state index is 12.4. The van der Waals surface area contributed by atoms with Crippen molar-refractivity contribution in [2.75, 3.05) is 6.61 Å². The Labute approximate surface area is 219 Å². The fourth-order valence-electron chi connectivity index (χ4n) is 2.94. The van der Waals surface area contributed by atoms with Gasteiger partial charge in [-0.15, -0.1) is 0 Å². The maximum absolute atomic E-state index is 12.4. The Morgan fingerprint density at radius 1 is 0.970 bits per heavy atom. The monoisotopic (exact) mass is 669 g/mol. The molecule has 0 saturated heterocycles. The molecule has 0 heterocycles. The molecule has 3 rings (SSSR count). The van der Waals surface area contributed by atoms with Crippen molar-refractivity contribution in [3.63, 3.8) is 0 Å². The molecule has 170 valence electrons. The number of aliphatic carboxylic acids is 1. The molecule has 0 bridgehead atoms. The highest BCUT2D eigenvalue weighted by Gasteiger charge is 2.16. The van der Waals surface area contributed by atoms with Crippen molar-refractivity contribution in [3.8, 4) is 11.5 Å². The molecule has 33 heavy (non-hydrogen) atoms. The predicted molar refractivity (Wildman–Crippen MR) is 143 cm³/mol. The molecule has 0 fully saturated rings. The Bertz CT molecular complexity index is 1180. The van der Waals surface area contributed by atoms with Crippen LogP contribution in [0, 0.1) is 7.14 Å². The van der Waals surface area contributed by atoms with E-state index in [0.717, 1.165) is 12.7 Å². The molecule has 2 N–H and O–H groups in total. The summed E-state index contributed by atoms with van der Waals surface area (Å²) in [4.78, 5) is 24.2. The quantitative estimate of drug-likeness (QED) is 0.225. The summed E-state index contributed by atoms with van der Waals surface area (Å²) in [6.45, 7) is 2.65. The Balaban J connectivity index is 1.88. The van der Waals surface area contributed by atoms with Crippen molar-refractivity contribution in [2.24, 2.45) is 0 Å². The second-order valence-corrected chi connectivity index (χ2v) is 9.15. The molecule has 8 heteroatoms. The SMILES string of the molecule is CCOc1cc(/C=C(/NC(=O)c2ccccc2)C(=O)O)cc(I)c1OCc1ccccc1I. The van der Waals surface area contributed by atoms with Crippen molar-refractivity contribution in [1.82, 2.24) is 5.32 Å². The van der Waals surface area contributed by atoms with Crippen LogP contribution < -0.4 is 14.8 Å². The van der Waals surface area contributed by atoms with E-state index in [-0.39, 0.29) is 5.70 Å². The third kappa shape index (κ3) is 6.94. The minimum absolute atomic E-state index is 0.241. The number of rotatable bonds is 9. The minimum atomic E-state index is -1.24. The molecule has 0 atom stereocenters. The number of carboxylic acid groups (broad SMARTS) is 1. The standard InChI is InChI=1S/C25H21I2NO5/c1-2-32-22-14-16(12-20(27)23(22)33-15-18-10-6-7-11-19(18)26)13-21(25(30)31)28-24(29)17-8-4-3-5-9-17/h3-14H,2,15H2,1H3,(H,28,29)(H,30,31)/b21-13+. The summed E-state index contributed by atoms with van der Waals surface area (Å²) in [7, 11) is 0. The first-order valence-electron chi connectivity index (χ1n) is 10.0. The molecule has 3 aromatic rings. The number of amides is 1. The van der Waals surface area contributed by atoms with Gasteiger partial charge in [-0.3, -0.25) is 4.79 Å². The van der Waals surface area contributed by atoms with E-state index in [0.29, 0.717) is 35.8 Å². The summed E-state index contributed by atoms with van der Waals surface area (Å²) in [5.41, 5.74) is 1.75. The number of hydrogen-bond donors (Lipinski definition) is 2. The highest BCUT2D eigenvalue weighted by molar-refractivity contribution is 14.1. The summed E-state index contributed by atoms with van der Waals surface area (Å²) in [5.74, 6) is -0.659. The highest BCUT2D eigenvalue weighted by atomic mass is 127. The zero-order valence-electron chi connectivity index (χ0n) is 17.7. The predicted octanol–water partition coefficient (Wildman–Crippen LogP) is 5.73. The van der Waals surface area contributed by atoms with Gasteiger partial charge in [0.05, 0.1) is 10.2 Å². The molecule has 0 spiro atoms. The van der Waals surface area contributed by atoms with Gasteiger partial charge in [-0.05, 0) is 94.1 Å². The van der Waals surface area contributed by atoms with Crippen LogP contribution in [0.4, 0.5) is 0 Å². The van der Waals surface area contributed by atoms with Crippen LogP contribution in [0.15, 0.2) is 72.4 Å². The first-order chi connectivity index (χ1) is 15.9. The zero-order chi connectivity index (χ0) is 23.8.